The van der Waals surface area contributed by atoms with Gasteiger partial charge in [0.1, 0.15) is 0 Å². The molecule has 3 nitrogen and oxygen atoms in total. The van der Waals surface area contributed by atoms with Crippen LogP contribution in [-0.2, 0) is 6.42 Å². The van der Waals surface area contributed by atoms with Gasteiger partial charge in [-0.05, 0) is 133 Å². The van der Waals surface area contributed by atoms with E-state index in [1.54, 1.807) is 0 Å². The summed E-state index contributed by atoms with van der Waals surface area (Å²) in [4.78, 5) is 2.31. The molecule has 0 heterocycles. The highest BCUT2D eigenvalue weighted by atomic mass is 15.1. The van der Waals surface area contributed by atoms with Crippen molar-refractivity contribution < 1.29 is 0 Å². The van der Waals surface area contributed by atoms with Crippen LogP contribution in [0.3, 0.4) is 0 Å². The van der Waals surface area contributed by atoms with Crippen molar-refractivity contribution in [3.8, 4) is 12.1 Å². The number of rotatable bonds is 9. The van der Waals surface area contributed by atoms with Crippen molar-refractivity contribution in [2.75, 3.05) is 4.90 Å². The monoisotopic (exact) mass is 695 g/mol. The van der Waals surface area contributed by atoms with Crippen molar-refractivity contribution in [2.24, 2.45) is 0 Å². The second-order valence-electron chi connectivity index (χ2n) is 14.8. The Bertz CT molecular complexity index is 2720. The Morgan fingerprint density at radius 2 is 1.02 bits per heavy atom. The van der Waals surface area contributed by atoms with Crippen LogP contribution in [0.4, 0.5) is 17.1 Å². The van der Waals surface area contributed by atoms with Crippen molar-refractivity contribution in [3.63, 3.8) is 0 Å². The minimum Gasteiger partial charge on any atom is -0.310 e. The number of hydrogen-bond donors (Lipinski definition) is 0. The molecular weight excluding hydrogens is 655 g/mol. The van der Waals surface area contributed by atoms with Gasteiger partial charge in [-0.15, -0.1) is 0 Å². The maximum Gasteiger partial charge on any atom is 0.0991 e. The summed E-state index contributed by atoms with van der Waals surface area (Å²) >= 11 is 0. The topological polar surface area (TPSA) is 50.8 Å². The molecule has 0 aliphatic rings. The average Bonchev–Trinajstić information content (AvgIpc) is 3.21. The highest BCUT2D eigenvalue weighted by molar-refractivity contribution is 6.27. The first-order valence-corrected chi connectivity index (χ1v) is 18.7. The predicted octanol–water partition coefficient (Wildman–Crippen LogP) is 13.8. The van der Waals surface area contributed by atoms with Crippen molar-refractivity contribution >= 4 is 61.0 Å². The van der Waals surface area contributed by atoms with E-state index in [9.17, 15) is 10.5 Å². The summed E-state index contributed by atoms with van der Waals surface area (Å²) in [5.41, 5.74) is 11.8. The van der Waals surface area contributed by atoms with Gasteiger partial charge in [-0.25, -0.2) is 0 Å². The molecule has 8 aromatic carbocycles. The van der Waals surface area contributed by atoms with Crippen molar-refractivity contribution in [3.05, 3.63) is 185 Å². The summed E-state index contributed by atoms with van der Waals surface area (Å²) in [6.07, 6.45) is 3.11. The first-order chi connectivity index (χ1) is 26.3. The van der Waals surface area contributed by atoms with Gasteiger partial charge < -0.3 is 4.90 Å². The number of allylic oxidation sites excluding steroid dienone is 1. The van der Waals surface area contributed by atoms with Crippen LogP contribution in [0, 0.1) is 22.7 Å². The average molecular weight is 696 g/mol. The Labute approximate surface area is 318 Å². The number of anilines is 3. The quantitative estimate of drug-likeness (QED) is 0.112. The largest absolute Gasteiger partial charge is 0.310 e. The van der Waals surface area contributed by atoms with E-state index in [1.807, 2.05) is 36.4 Å². The molecule has 0 saturated carbocycles. The lowest BCUT2D eigenvalue weighted by molar-refractivity contribution is 0.865. The Hall–Kier alpha value is -6.68. The normalized spacial score (nSPS) is 11.8. The Morgan fingerprint density at radius 3 is 1.59 bits per heavy atom. The van der Waals surface area contributed by atoms with Crippen LogP contribution in [0.1, 0.15) is 78.5 Å². The number of benzene rings is 8. The fourth-order valence-electron chi connectivity index (χ4n) is 7.67. The fraction of sp³-hybridized carbons (Fsp3) is 0.137. The molecule has 0 unspecified atom stereocenters. The summed E-state index contributed by atoms with van der Waals surface area (Å²) in [7, 11) is 0. The van der Waals surface area contributed by atoms with Gasteiger partial charge in [-0.3, -0.25) is 0 Å². The van der Waals surface area contributed by atoms with Gasteiger partial charge in [0.25, 0.3) is 0 Å². The van der Waals surface area contributed by atoms with E-state index in [0.29, 0.717) is 23.0 Å². The summed E-state index contributed by atoms with van der Waals surface area (Å²) < 4.78 is 0. The number of nitrogens with zero attached hydrogens (tertiary/aromatic N) is 3. The molecule has 0 saturated heterocycles. The first kappa shape index (κ1) is 34.4. The van der Waals surface area contributed by atoms with Crippen molar-refractivity contribution in [1.29, 1.82) is 10.5 Å². The molecular formula is C51H41N3. The second-order valence-corrected chi connectivity index (χ2v) is 14.8. The fourth-order valence-corrected chi connectivity index (χ4v) is 7.67. The Kier molecular flexibility index (Phi) is 9.17. The summed E-state index contributed by atoms with van der Waals surface area (Å²) in [6.45, 7) is 8.88. The summed E-state index contributed by atoms with van der Waals surface area (Å²) in [6, 6.07) is 56.2. The molecule has 0 N–H and O–H groups in total. The highest BCUT2D eigenvalue weighted by Crippen LogP contribution is 2.45. The van der Waals surface area contributed by atoms with Crippen LogP contribution in [0.2, 0.25) is 0 Å². The zero-order valence-corrected chi connectivity index (χ0v) is 31.1. The van der Waals surface area contributed by atoms with Gasteiger partial charge in [0.05, 0.1) is 29.0 Å². The van der Waals surface area contributed by atoms with E-state index in [1.165, 1.54) is 54.6 Å². The van der Waals surface area contributed by atoms with E-state index in [-0.39, 0.29) is 0 Å². The predicted molar refractivity (Wildman–Crippen MR) is 227 cm³/mol. The van der Waals surface area contributed by atoms with Gasteiger partial charge in [-0.2, -0.15) is 10.5 Å². The Balaban J connectivity index is 1.31. The van der Waals surface area contributed by atoms with E-state index in [4.69, 9.17) is 0 Å². The zero-order chi connectivity index (χ0) is 37.3. The molecule has 0 spiro atoms. The molecule has 3 heteroatoms. The molecule has 260 valence electrons. The molecule has 0 aliphatic carbocycles. The molecule has 0 aliphatic heterocycles. The smallest absolute Gasteiger partial charge is 0.0991 e. The van der Waals surface area contributed by atoms with Gasteiger partial charge in [0.15, 0.2) is 0 Å². The van der Waals surface area contributed by atoms with Crippen LogP contribution in [0.5, 0.6) is 0 Å². The van der Waals surface area contributed by atoms with Crippen LogP contribution in [0.15, 0.2) is 146 Å². The van der Waals surface area contributed by atoms with Crippen LogP contribution in [0.25, 0.3) is 44.0 Å². The maximum atomic E-state index is 9.57. The third-order valence-corrected chi connectivity index (χ3v) is 10.7. The third-order valence-electron chi connectivity index (χ3n) is 10.7. The lowest BCUT2D eigenvalue weighted by atomic mass is 9.89. The third kappa shape index (κ3) is 6.47. The van der Waals surface area contributed by atoms with Crippen LogP contribution >= 0.6 is 0 Å². The Morgan fingerprint density at radius 1 is 0.537 bits per heavy atom. The second kappa shape index (κ2) is 14.4. The van der Waals surface area contributed by atoms with E-state index >= 15 is 0 Å². The molecule has 0 bridgehead atoms. The molecule has 0 fully saturated rings. The SMILES string of the molecule is CC(C)c1ccc(C/C(=C/c2ccc3ccc4c(N(c5ccc(C#N)cc5)c5ccc(C(C)C)cc5)ccc5ccc2c3c54)c2ccc(C#N)cc2)cc1. The van der Waals surface area contributed by atoms with Gasteiger partial charge >= 0.3 is 0 Å². The van der Waals surface area contributed by atoms with Gasteiger partial charge in [0.2, 0.25) is 0 Å². The maximum absolute atomic E-state index is 9.57. The molecule has 0 radical (unpaired) electrons. The lowest BCUT2D eigenvalue weighted by Gasteiger charge is -2.28. The lowest BCUT2D eigenvalue weighted by Crippen LogP contribution is -2.11. The number of nitriles is 2. The van der Waals surface area contributed by atoms with Gasteiger partial charge in [0, 0.05) is 16.8 Å². The minimum absolute atomic E-state index is 0.433. The summed E-state index contributed by atoms with van der Waals surface area (Å²) in [5.74, 6) is 0.912. The molecule has 54 heavy (non-hydrogen) atoms. The molecule has 0 amide bonds. The molecule has 0 aromatic heterocycles. The molecule has 0 atom stereocenters. The van der Waals surface area contributed by atoms with E-state index in [0.717, 1.165) is 34.6 Å². The zero-order valence-electron chi connectivity index (χ0n) is 31.1. The minimum atomic E-state index is 0.433. The van der Waals surface area contributed by atoms with Crippen LogP contribution < -0.4 is 4.90 Å². The molecule has 8 rings (SSSR count). The van der Waals surface area contributed by atoms with E-state index < -0.39 is 0 Å². The number of hydrogen-bond acceptors (Lipinski definition) is 3. The summed E-state index contributed by atoms with van der Waals surface area (Å²) in [5, 5.41) is 26.3. The molecule has 8 aromatic rings. The van der Waals surface area contributed by atoms with Crippen molar-refractivity contribution in [1.82, 2.24) is 0 Å². The van der Waals surface area contributed by atoms with E-state index in [2.05, 4.69) is 160 Å². The standard InChI is InChI=1S/C51H41N3/c1-33(2)38-11-5-35(6-12-38)29-44(40-13-7-36(31-52)8-14-40)30-43-16-15-41-20-27-48-49(28-21-42-19-26-47(43)50(41)51(42)48)54(45-22-9-37(32-53)10-23-45)46-24-17-39(18-25-46)34(3)4/h5-28,30,33-34H,29H2,1-4H3/b44-30-. The van der Waals surface area contributed by atoms with Crippen LogP contribution in [-0.4, -0.2) is 0 Å². The first-order valence-electron chi connectivity index (χ1n) is 18.7. The highest BCUT2D eigenvalue weighted by Gasteiger charge is 2.20. The van der Waals surface area contributed by atoms with Gasteiger partial charge in [-0.1, -0.05) is 125 Å². The van der Waals surface area contributed by atoms with Crippen molar-refractivity contribution in [2.45, 2.75) is 46.0 Å².